The molecule has 0 radical (unpaired) electrons. The number of hydrogen-bond acceptors (Lipinski definition) is 3. The van der Waals surface area contributed by atoms with Crippen molar-refractivity contribution in [2.45, 2.75) is 37.7 Å². The monoisotopic (exact) mass is 211 g/mol. The summed E-state index contributed by atoms with van der Waals surface area (Å²) in [4.78, 5) is 5.40. The van der Waals surface area contributed by atoms with Crippen LogP contribution in [0.5, 0.6) is 5.88 Å². The normalized spacial score (nSPS) is 11.4. The quantitative estimate of drug-likeness (QED) is 0.713. The van der Waals surface area contributed by atoms with Gasteiger partial charge >= 0.3 is 0 Å². The van der Waals surface area contributed by atoms with Crippen molar-refractivity contribution in [1.82, 2.24) is 4.98 Å². The molecule has 0 aliphatic rings. The first-order valence-electron chi connectivity index (χ1n) is 4.76. The van der Waals surface area contributed by atoms with E-state index in [2.05, 4.69) is 25.8 Å². The molecule has 0 saturated heterocycles. The van der Waals surface area contributed by atoms with E-state index in [4.69, 9.17) is 4.74 Å². The van der Waals surface area contributed by atoms with Crippen LogP contribution >= 0.6 is 11.8 Å². The summed E-state index contributed by atoms with van der Waals surface area (Å²) in [5.74, 6) is 0.703. The van der Waals surface area contributed by atoms with E-state index >= 15 is 0 Å². The van der Waals surface area contributed by atoms with Gasteiger partial charge in [0.15, 0.2) is 0 Å². The molecule has 0 aromatic carbocycles. The summed E-state index contributed by atoms with van der Waals surface area (Å²) in [6.07, 6.45) is 4.85. The molecule has 0 bridgehead atoms. The van der Waals surface area contributed by atoms with E-state index in [1.165, 1.54) is 0 Å². The van der Waals surface area contributed by atoms with Crippen molar-refractivity contribution in [3.05, 3.63) is 18.3 Å². The van der Waals surface area contributed by atoms with Crippen molar-refractivity contribution in [2.75, 3.05) is 6.26 Å². The second-order valence-electron chi connectivity index (χ2n) is 3.75. The lowest BCUT2D eigenvalue weighted by Crippen LogP contribution is -2.27. The summed E-state index contributed by atoms with van der Waals surface area (Å²) in [5, 5.41) is 0. The maximum Gasteiger partial charge on any atom is 0.213 e. The van der Waals surface area contributed by atoms with Gasteiger partial charge in [-0.15, -0.1) is 11.8 Å². The van der Waals surface area contributed by atoms with Crippen molar-refractivity contribution in [2.24, 2.45) is 0 Å². The van der Waals surface area contributed by atoms with Crippen LogP contribution in [0.1, 0.15) is 27.2 Å². The van der Waals surface area contributed by atoms with E-state index in [0.29, 0.717) is 5.88 Å². The Morgan fingerprint density at radius 1 is 1.43 bits per heavy atom. The highest BCUT2D eigenvalue weighted by molar-refractivity contribution is 7.98. The maximum atomic E-state index is 5.73. The van der Waals surface area contributed by atoms with Crippen molar-refractivity contribution in [3.8, 4) is 5.88 Å². The fourth-order valence-electron chi connectivity index (χ4n) is 0.903. The molecule has 2 nitrogen and oxygen atoms in total. The van der Waals surface area contributed by atoms with E-state index in [1.54, 1.807) is 11.8 Å². The van der Waals surface area contributed by atoms with E-state index in [0.717, 1.165) is 11.3 Å². The number of thioether (sulfide) groups is 1. The van der Waals surface area contributed by atoms with Crippen molar-refractivity contribution in [3.63, 3.8) is 0 Å². The Morgan fingerprint density at radius 2 is 2.14 bits per heavy atom. The molecule has 0 unspecified atom stereocenters. The fourth-order valence-corrected chi connectivity index (χ4v) is 1.27. The topological polar surface area (TPSA) is 22.1 Å². The van der Waals surface area contributed by atoms with E-state index in [-0.39, 0.29) is 5.60 Å². The van der Waals surface area contributed by atoms with Gasteiger partial charge in [0.05, 0.1) is 0 Å². The molecule has 0 atom stereocenters. The van der Waals surface area contributed by atoms with Crippen molar-refractivity contribution >= 4 is 11.8 Å². The molecule has 0 amide bonds. The Morgan fingerprint density at radius 3 is 2.57 bits per heavy atom. The second kappa shape index (κ2) is 4.69. The number of ether oxygens (including phenoxy) is 1. The van der Waals surface area contributed by atoms with Crippen LogP contribution in [-0.4, -0.2) is 16.8 Å². The van der Waals surface area contributed by atoms with Gasteiger partial charge in [-0.2, -0.15) is 0 Å². The minimum atomic E-state index is -0.131. The molecule has 1 heterocycles. The number of nitrogens with zero attached hydrogens (tertiary/aromatic N) is 1. The molecule has 0 N–H and O–H groups in total. The number of aromatic nitrogens is 1. The Bertz CT molecular complexity index is 282. The predicted octanol–water partition coefficient (Wildman–Crippen LogP) is 3.37. The third-order valence-electron chi connectivity index (χ3n) is 2.18. The van der Waals surface area contributed by atoms with Crippen LogP contribution in [0.15, 0.2) is 23.2 Å². The summed E-state index contributed by atoms with van der Waals surface area (Å²) >= 11 is 1.68. The standard InChI is InChI=1S/C11H17NOS/c1-5-11(2,3)13-10-7-6-9(14-4)8-12-10/h6-8H,5H2,1-4H3. The summed E-state index contributed by atoms with van der Waals surface area (Å²) in [7, 11) is 0. The number of pyridine rings is 1. The Labute approximate surface area is 90.1 Å². The van der Waals surface area contributed by atoms with Crippen LogP contribution in [0.25, 0.3) is 0 Å². The van der Waals surface area contributed by atoms with Gasteiger partial charge in [-0.1, -0.05) is 6.92 Å². The minimum absolute atomic E-state index is 0.131. The first-order chi connectivity index (χ1) is 6.57. The average Bonchev–Trinajstić information content (AvgIpc) is 2.19. The summed E-state index contributed by atoms with van der Waals surface area (Å²) in [6, 6.07) is 3.95. The minimum Gasteiger partial charge on any atom is -0.472 e. The summed E-state index contributed by atoms with van der Waals surface area (Å²) < 4.78 is 5.73. The first kappa shape index (κ1) is 11.4. The van der Waals surface area contributed by atoms with Crippen LogP contribution < -0.4 is 4.74 Å². The van der Waals surface area contributed by atoms with Gasteiger partial charge in [-0.05, 0) is 32.6 Å². The van der Waals surface area contributed by atoms with Gasteiger partial charge in [-0.25, -0.2) is 4.98 Å². The highest BCUT2D eigenvalue weighted by Crippen LogP contribution is 2.21. The molecule has 0 aliphatic carbocycles. The van der Waals surface area contributed by atoms with Crippen molar-refractivity contribution in [1.29, 1.82) is 0 Å². The lowest BCUT2D eigenvalue weighted by atomic mass is 10.1. The van der Waals surface area contributed by atoms with Gasteiger partial charge in [0.1, 0.15) is 5.60 Å². The SMILES string of the molecule is CCC(C)(C)Oc1ccc(SC)cn1. The molecule has 0 fully saturated rings. The van der Waals surface area contributed by atoms with Gasteiger partial charge in [0.25, 0.3) is 0 Å². The molecule has 1 aromatic heterocycles. The average molecular weight is 211 g/mol. The zero-order valence-electron chi connectivity index (χ0n) is 9.20. The maximum absolute atomic E-state index is 5.73. The van der Waals surface area contributed by atoms with Crippen molar-refractivity contribution < 1.29 is 4.74 Å². The zero-order valence-corrected chi connectivity index (χ0v) is 10.0. The van der Waals surface area contributed by atoms with Crippen LogP contribution in [0.2, 0.25) is 0 Å². The predicted molar refractivity (Wildman–Crippen MR) is 61.0 cm³/mol. The molecule has 78 valence electrons. The van der Waals surface area contributed by atoms with E-state index < -0.39 is 0 Å². The van der Waals surface area contributed by atoms with Crippen LogP contribution in [0.4, 0.5) is 0 Å². The lowest BCUT2D eigenvalue weighted by Gasteiger charge is -2.23. The molecule has 1 aromatic rings. The molecular formula is C11H17NOS. The lowest BCUT2D eigenvalue weighted by molar-refractivity contribution is 0.0989. The third-order valence-corrected chi connectivity index (χ3v) is 2.89. The van der Waals surface area contributed by atoms with E-state index in [1.807, 2.05) is 24.6 Å². The van der Waals surface area contributed by atoms with Gasteiger partial charge in [0, 0.05) is 17.2 Å². The third kappa shape index (κ3) is 3.22. The van der Waals surface area contributed by atoms with Crippen LogP contribution in [0.3, 0.4) is 0 Å². The van der Waals surface area contributed by atoms with Gasteiger partial charge in [0.2, 0.25) is 5.88 Å². The number of rotatable bonds is 4. The van der Waals surface area contributed by atoms with Crippen LogP contribution in [-0.2, 0) is 0 Å². The fraction of sp³-hybridized carbons (Fsp3) is 0.545. The molecule has 0 aliphatic heterocycles. The molecule has 3 heteroatoms. The molecule has 0 saturated carbocycles. The largest absolute Gasteiger partial charge is 0.472 e. The molecule has 14 heavy (non-hydrogen) atoms. The summed E-state index contributed by atoms with van der Waals surface area (Å²) in [6.45, 7) is 6.24. The second-order valence-corrected chi connectivity index (χ2v) is 4.63. The Kier molecular flexibility index (Phi) is 3.81. The summed E-state index contributed by atoms with van der Waals surface area (Å²) in [5.41, 5.74) is -0.131. The Hall–Kier alpha value is -0.700. The van der Waals surface area contributed by atoms with Gasteiger partial charge in [-0.3, -0.25) is 0 Å². The smallest absolute Gasteiger partial charge is 0.213 e. The van der Waals surface area contributed by atoms with Gasteiger partial charge < -0.3 is 4.74 Å². The first-order valence-corrected chi connectivity index (χ1v) is 5.99. The Balaban J connectivity index is 2.69. The zero-order chi connectivity index (χ0) is 10.6. The molecular weight excluding hydrogens is 194 g/mol. The highest BCUT2D eigenvalue weighted by atomic mass is 32.2. The number of hydrogen-bond donors (Lipinski definition) is 0. The molecule has 0 spiro atoms. The van der Waals surface area contributed by atoms with E-state index in [9.17, 15) is 0 Å². The van der Waals surface area contributed by atoms with Crippen LogP contribution in [0, 0.1) is 0 Å². The molecule has 1 rings (SSSR count). The highest BCUT2D eigenvalue weighted by Gasteiger charge is 2.17.